The molecule has 0 bridgehead atoms. The molecular weight excluding hydrogens is 390 g/mol. The largest absolute Gasteiger partial charge is 4.00 e. The number of halogens is 2. The Morgan fingerprint density at radius 3 is 1.45 bits per heavy atom. The number of hydrogen-bond donors (Lipinski definition) is 0. The van der Waals surface area contributed by atoms with Crippen molar-refractivity contribution in [3.63, 3.8) is 0 Å². The van der Waals surface area contributed by atoms with Crippen LogP contribution in [0, 0.1) is 6.92 Å². The van der Waals surface area contributed by atoms with Crippen molar-refractivity contribution in [3.05, 3.63) is 84.4 Å². The molecular formula is C19H16Cl2Zr. The molecule has 0 aromatic heterocycles. The third-order valence-electron chi connectivity index (χ3n) is 3.51. The third-order valence-corrected chi connectivity index (χ3v) is 3.51. The van der Waals surface area contributed by atoms with Gasteiger partial charge in [0, 0.05) is 0 Å². The Bertz CT molecular complexity index is 715. The summed E-state index contributed by atoms with van der Waals surface area (Å²) in [5, 5.41) is 5.52. The van der Waals surface area contributed by atoms with E-state index in [2.05, 4.69) is 55.5 Å². The van der Waals surface area contributed by atoms with E-state index in [1.807, 2.05) is 30.3 Å². The summed E-state index contributed by atoms with van der Waals surface area (Å²) in [6.07, 6.45) is 0. The minimum Gasteiger partial charge on any atom is -1.00 e. The van der Waals surface area contributed by atoms with Gasteiger partial charge in [-0.15, -0.1) is 39.2 Å². The van der Waals surface area contributed by atoms with Crippen molar-refractivity contribution in [1.29, 1.82) is 0 Å². The van der Waals surface area contributed by atoms with Gasteiger partial charge >= 0.3 is 26.2 Å². The SMILES string of the molecule is C[c-]1c2ccccc2c2ccccc21.[Cl-].[Cl-].[Zr+4].c1cc[cH-]c1. The molecule has 0 atom stereocenters. The zero-order valence-corrected chi connectivity index (χ0v) is 16.2. The van der Waals surface area contributed by atoms with Crippen molar-refractivity contribution in [2.45, 2.75) is 6.92 Å². The molecule has 0 radical (unpaired) electrons. The van der Waals surface area contributed by atoms with Crippen molar-refractivity contribution < 1.29 is 51.0 Å². The van der Waals surface area contributed by atoms with Gasteiger partial charge in [-0.1, -0.05) is 43.3 Å². The number of fused-ring (bicyclic) bond motifs is 3. The summed E-state index contributed by atoms with van der Waals surface area (Å²) in [6, 6.07) is 27.2. The summed E-state index contributed by atoms with van der Waals surface area (Å²) in [7, 11) is 0. The van der Waals surface area contributed by atoms with Crippen LogP contribution in [0.15, 0.2) is 78.9 Å². The van der Waals surface area contributed by atoms with Crippen molar-refractivity contribution in [3.8, 4) is 0 Å². The second kappa shape index (κ2) is 10.0. The van der Waals surface area contributed by atoms with Gasteiger partial charge in [-0.2, -0.15) is 18.2 Å². The van der Waals surface area contributed by atoms with Gasteiger partial charge < -0.3 is 24.8 Å². The van der Waals surface area contributed by atoms with Crippen LogP contribution in [0.5, 0.6) is 0 Å². The van der Waals surface area contributed by atoms with Gasteiger partial charge in [0.2, 0.25) is 0 Å². The van der Waals surface area contributed by atoms with E-state index < -0.39 is 0 Å². The molecule has 4 rings (SSSR count). The van der Waals surface area contributed by atoms with E-state index in [1.165, 1.54) is 27.1 Å². The monoisotopic (exact) mass is 404 g/mol. The molecule has 0 amide bonds. The van der Waals surface area contributed by atoms with Gasteiger partial charge in [-0.25, -0.2) is 12.1 Å². The van der Waals surface area contributed by atoms with Gasteiger partial charge in [0.15, 0.2) is 0 Å². The zero-order chi connectivity index (χ0) is 13.1. The van der Waals surface area contributed by atoms with Gasteiger partial charge in [-0.3, -0.25) is 0 Å². The average Bonchev–Trinajstić information content (AvgIpc) is 3.12. The summed E-state index contributed by atoms with van der Waals surface area (Å²) in [5.74, 6) is 0. The first kappa shape index (κ1) is 21.1. The van der Waals surface area contributed by atoms with Crippen LogP contribution in [0.2, 0.25) is 0 Å². The molecule has 3 heteroatoms. The van der Waals surface area contributed by atoms with Crippen LogP contribution in [-0.2, 0) is 26.2 Å². The maximum absolute atomic E-state index is 2.20. The Morgan fingerprint density at radius 1 is 0.682 bits per heavy atom. The van der Waals surface area contributed by atoms with E-state index in [0.29, 0.717) is 0 Å². The van der Waals surface area contributed by atoms with Crippen LogP contribution in [-0.4, -0.2) is 0 Å². The van der Waals surface area contributed by atoms with Crippen LogP contribution < -0.4 is 24.8 Å². The molecule has 0 fully saturated rings. The number of benzene rings is 2. The predicted octanol–water partition coefficient (Wildman–Crippen LogP) is -0.569. The summed E-state index contributed by atoms with van der Waals surface area (Å²) >= 11 is 0. The minimum absolute atomic E-state index is 0. The van der Waals surface area contributed by atoms with Crippen LogP contribution in [0.3, 0.4) is 0 Å². The van der Waals surface area contributed by atoms with Crippen molar-refractivity contribution >= 4 is 21.5 Å². The Morgan fingerprint density at radius 2 is 1.09 bits per heavy atom. The van der Waals surface area contributed by atoms with E-state index in [9.17, 15) is 0 Å². The minimum atomic E-state index is 0. The zero-order valence-electron chi connectivity index (χ0n) is 12.3. The maximum Gasteiger partial charge on any atom is 4.00 e. The summed E-state index contributed by atoms with van der Waals surface area (Å²) < 4.78 is 0. The smallest absolute Gasteiger partial charge is 1.00 e. The average molecular weight is 406 g/mol. The molecule has 0 nitrogen and oxygen atoms in total. The molecule has 0 saturated carbocycles. The summed E-state index contributed by atoms with van der Waals surface area (Å²) in [5.41, 5.74) is 1.40. The standard InChI is InChI=1S/C14H11.C5H5.2ClH.Zr/c1-10-11-6-2-4-8-13(11)14-9-5-3-7-12(10)14;1-2-4-5-3-1;;;/h2-9H,1H3;1-5H;2*1H;/q2*-1;;;+4/p-2. The second-order valence-electron chi connectivity index (χ2n) is 4.68. The molecule has 4 aromatic carbocycles. The fourth-order valence-electron chi connectivity index (χ4n) is 2.56. The molecule has 0 unspecified atom stereocenters. The van der Waals surface area contributed by atoms with Crippen LogP contribution in [0.4, 0.5) is 0 Å². The molecule has 0 aliphatic rings. The first-order valence-electron chi connectivity index (χ1n) is 6.57. The summed E-state index contributed by atoms with van der Waals surface area (Å²) in [6.45, 7) is 2.20. The maximum atomic E-state index is 2.20. The van der Waals surface area contributed by atoms with Gasteiger partial charge in [0.25, 0.3) is 0 Å². The van der Waals surface area contributed by atoms with Gasteiger partial charge in [-0.05, 0) is 0 Å². The van der Waals surface area contributed by atoms with Crippen molar-refractivity contribution in [1.82, 2.24) is 0 Å². The number of rotatable bonds is 0. The van der Waals surface area contributed by atoms with Crippen molar-refractivity contribution in [2.24, 2.45) is 0 Å². The first-order valence-corrected chi connectivity index (χ1v) is 6.57. The van der Waals surface area contributed by atoms with E-state index in [1.54, 1.807) is 0 Å². The van der Waals surface area contributed by atoms with Crippen LogP contribution in [0.25, 0.3) is 21.5 Å². The number of aryl methyl sites for hydroxylation is 1. The Kier molecular flexibility index (Phi) is 9.60. The fourth-order valence-corrected chi connectivity index (χ4v) is 2.56. The molecule has 0 aliphatic carbocycles. The molecule has 0 spiro atoms. The quantitative estimate of drug-likeness (QED) is 0.343. The summed E-state index contributed by atoms with van der Waals surface area (Å²) in [4.78, 5) is 0. The third kappa shape index (κ3) is 4.32. The van der Waals surface area contributed by atoms with E-state index in [-0.39, 0.29) is 51.0 Å². The van der Waals surface area contributed by atoms with E-state index in [0.717, 1.165) is 0 Å². The van der Waals surface area contributed by atoms with E-state index in [4.69, 9.17) is 0 Å². The van der Waals surface area contributed by atoms with Gasteiger partial charge in [0.05, 0.1) is 0 Å². The molecule has 110 valence electrons. The number of hydrogen-bond acceptors (Lipinski definition) is 0. The topological polar surface area (TPSA) is 0 Å². The Labute approximate surface area is 163 Å². The molecule has 4 aromatic rings. The Hall–Kier alpha value is -0.877. The normalized spacial score (nSPS) is 8.95. The molecule has 0 N–H and O–H groups in total. The Balaban J connectivity index is 0.000000482. The molecule has 22 heavy (non-hydrogen) atoms. The molecule has 0 saturated heterocycles. The van der Waals surface area contributed by atoms with Crippen LogP contribution in [0.1, 0.15) is 5.56 Å². The molecule has 0 aliphatic heterocycles. The second-order valence-corrected chi connectivity index (χ2v) is 4.68. The van der Waals surface area contributed by atoms with E-state index >= 15 is 0 Å². The van der Waals surface area contributed by atoms with Crippen LogP contribution >= 0.6 is 0 Å². The van der Waals surface area contributed by atoms with Gasteiger partial charge in [0.1, 0.15) is 0 Å². The fraction of sp³-hybridized carbons (Fsp3) is 0.0526. The van der Waals surface area contributed by atoms with Crippen molar-refractivity contribution in [2.75, 3.05) is 0 Å². The molecule has 0 heterocycles. The predicted molar refractivity (Wildman–Crippen MR) is 83.8 cm³/mol. The first-order chi connectivity index (χ1) is 9.38.